The molecule has 0 atom stereocenters. The number of nitrogens with zero attached hydrogens (tertiary/aromatic N) is 2. The maximum absolute atomic E-state index is 12.3. The molecule has 0 unspecified atom stereocenters. The van der Waals surface area contributed by atoms with Gasteiger partial charge in [-0.2, -0.15) is 0 Å². The van der Waals surface area contributed by atoms with E-state index in [4.69, 9.17) is 34.8 Å². The van der Waals surface area contributed by atoms with Gasteiger partial charge in [0.15, 0.2) is 0 Å². The summed E-state index contributed by atoms with van der Waals surface area (Å²) in [6.45, 7) is 0.451. The Balaban J connectivity index is 2.16. The van der Waals surface area contributed by atoms with Crippen LogP contribution >= 0.6 is 34.8 Å². The summed E-state index contributed by atoms with van der Waals surface area (Å²) < 4.78 is 0. The lowest BCUT2D eigenvalue weighted by atomic mass is 10.2. The van der Waals surface area contributed by atoms with E-state index in [1.165, 1.54) is 12.3 Å². The molecule has 0 spiro atoms. The summed E-state index contributed by atoms with van der Waals surface area (Å²) in [6, 6.07) is 8.77. The van der Waals surface area contributed by atoms with Gasteiger partial charge in [-0.1, -0.05) is 46.9 Å². The first-order valence-electron chi connectivity index (χ1n) is 5.78. The molecule has 0 N–H and O–H groups in total. The van der Waals surface area contributed by atoms with Gasteiger partial charge in [0.25, 0.3) is 5.91 Å². The zero-order valence-electron chi connectivity index (χ0n) is 10.6. The van der Waals surface area contributed by atoms with Crippen LogP contribution < -0.4 is 0 Å². The van der Waals surface area contributed by atoms with Crippen molar-refractivity contribution in [2.45, 2.75) is 6.54 Å². The molecule has 1 heterocycles. The van der Waals surface area contributed by atoms with Crippen LogP contribution in [0.3, 0.4) is 0 Å². The van der Waals surface area contributed by atoms with Crippen LogP contribution in [0.5, 0.6) is 0 Å². The second-order valence-corrected chi connectivity index (χ2v) is 5.51. The van der Waals surface area contributed by atoms with Crippen molar-refractivity contribution in [3.8, 4) is 0 Å². The lowest BCUT2D eigenvalue weighted by Crippen LogP contribution is -2.26. The first-order chi connectivity index (χ1) is 9.47. The summed E-state index contributed by atoms with van der Waals surface area (Å²) in [5, 5.41) is 1.17. The Kier molecular flexibility index (Phi) is 4.86. The van der Waals surface area contributed by atoms with Crippen LogP contribution in [0.2, 0.25) is 15.2 Å². The van der Waals surface area contributed by atoms with Gasteiger partial charge in [0.1, 0.15) is 5.15 Å². The van der Waals surface area contributed by atoms with Gasteiger partial charge in [-0.05, 0) is 23.8 Å². The molecule has 0 saturated heterocycles. The highest BCUT2D eigenvalue weighted by molar-refractivity contribution is 6.35. The molecule has 0 radical (unpaired) electrons. The van der Waals surface area contributed by atoms with Crippen LogP contribution in [0.15, 0.2) is 36.5 Å². The van der Waals surface area contributed by atoms with Crippen molar-refractivity contribution >= 4 is 40.7 Å². The fourth-order valence-electron chi connectivity index (χ4n) is 1.72. The highest BCUT2D eigenvalue weighted by Crippen LogP contribution is 2.20. The van der Waals surface area contributed by atoms with E-state index in [1.54, 1.807) is 24.1 Å². The van der Waals surface area contributed by atoms with Gasteiger partial charge in [-0.25, -0.2) is 4.98 Å². The Labute approximate surface area is 132 Å². The largest absolute Gasteiger partial charge is 0.337 e. The monoisotopic (exact) mass is 328 g/mol. The number of carbonyl (C=O) groups is 1. The molecule has 0 bridgehead atoms. The topological polar surface area (TPSA) is 33.2 Å². The molecule has 1 amide bonds. The van der Waals surface area contributed by atoms with Crippen LogP contribution in [0, 0.1) is 0 Å². The Morgan fingerprint density at radius 3 is 2.50 bits per heavy atom. The zero-order chi connectivity index (χ0) is 14.7. The van der Waals surface area contributed by atoms with Gasteiger partial charge in [-0.3, -0.25) is 4.79 Å². The smallest absolute Gasteiger partial charge is 0.255 e. The summed E-state index contributed by atoms with van der Waals surface area (Å²) >= 11 is 17.6. The standard InChI is InChI=1S/C14H11Cl3N2O/c1-19(8-9-2-4-10(15)5-3-9)14(20)11-6-13(17)18-7-12(11)16/h2-7H,8H2,1H3. The van der Waals surface area contributed by atoms with Crippen molar-refractivity contribution in [3.05, 3.63) is 62.9 Å². The number of rotatable bonds is 3. The number of carbonyl (C=O) groups excluding carboxylic acids is 1. The van der Waals surface area contributed by atoms with Crippen molar-refractivity contribution in [1.29, 1.82) is 0 Å². The first-order valence-corrected chi connectivity index (χ1v) is 6.91. The highest BCUT2D eigenvalue weighted by Gasteiger charge is 2.16. The molecule has 6 heteroatoms. The summed E-state index contributed by atoms with van der Waals surface area (Å²) in [6.07, 6.45) is 1.37. The van der Waals surface area contributed by atoms with E-state index in [0.717, 1.165) is 5.56 Å². The van der Waals surface area contributed by atoms with Crippen molar-refractivity contribution in [1.82, 2.24) is 9.88 Å². The van der Waals surface area contributed by atoms with E-state index in [0.29, 0.717) is 17.1 Å². The second kappa shape index (κ2) is 6.44. The predicted octanol–water partition coefficient (Wildman–Crippen LogP) is 4.31. The molecule has 2 aromatic rings. The summed E-state index contributed by atoms with van der Waals surface area (Å²) in [5.74, 6) is -0.214. The van der Waals surface area contributed by atoms with Crippen LogP contribution in [-0.2, 0) is 6.54 Å². The van der Waals surface area contributed by atoms with E-state index in [1.807, 2.05) is 12.1 Å². The summed E-state index contributed by atoms with van der Waals surface area (Å²) in [4.78, 5) is 17.7. The molecular formula is C14H11Cl3N2O. The summed E-state index contributed by atoms with van der Waals surface area (Å²) in [5.41, 5.74) is 1.31. The zero-order valence-corrected chi connectivity index (χ0v) is 12.9. The van der Waals surface area contributed by atoms with E-state index in [9.17, 15) is 4.79 Å². The number of aromatic nitrogens is 1. The van der Waals surface area contributed by atoms with Gasteiger partial charge in [0, 0.05) is 24.8 Å². The Hall–Kier alpha value is -1.29. The predicted molar refractivity (Wildman–Crippen MR) is 81.5 cm³/mol. The Morgan fingerprint density at radius 1 is 1.20 bits per heavy atom. The Bertz CT molecular complexity index is 629. The van der Waals surface area contributed by atoms with Gasteiger partial charge < -0.3 is 4.90 Å². The minimum atomic E-state index is -0.214. The molecule has 0 aliphatic carbocycles. The summed E-state index contributed by atoms with van der Waals surface area (Å²) in [7, 11) is 1.70. The van der Waals surface area contributed by atoms with Gasteiger partial charge in [0.05, 0.1) is 10.6 Å². The highest BCUT2D eigenvalue weighted by atomic mass is 35.5. The van der Waals surface area contributed by atoms with E-state index >= 15 is 0 Å². The van der Waals surface area contributed by atoms with E-state index in [-0.39, 0.29) is 16.1 Å². The van der Waals surface area contributed by atoms with Crippen LogP contribution in [0.4, 0.5) is 0 Å². The third-order valence-corrected chi connectivity index (χ3v) is 3.49. The SMILES string of the molecule is CN(Cc1ccc(Cl)cc1)C(=O)c1cc(Cl)ncc1Cl. The van der Waals surface area contributed by atoms with E-state index in [2.05, 4.69) is 4.98 Å². The van der Waals surface area contributed by atoms with Gasteiger partial charge in [0.2, 0.25) is 0 Å². The molecular weight excluding hydrogens is 319 g/mol. The van der Waals surface area contributed by atoms with Gasteiger partial charge in [-0.15, -0.1) is 0 Å². The molecule has 0 saturated carbocycles. The maximum atomic E-state index is 12.3. The van der Waals surface area contributed by atoms with Crippen molar-refractivity contribution in [2.75, 3.05) is 7.05 Å². The quantitative estimate of drug-likeness (QED) is 0.786. The molecule has 0 fully saturated rings. The first kappa shape index (κ1) is 15.1. The minimum Gasteiger partial charge on any atom is -0.337 e. The number of hydrogen-bond donors (Lipinski definition) is 0. The lowest BCUT2D eigenvalue weighted by Gasteiger charge is -2.18. The minimum absolute atomic E-state index is 0.214. The third kappa shape index (κ3) is 3.63. The molecule has 104 valence electrons. The molecule has 3 nitrogen and oxygen atoms in total. The van der Waals surface area contributed by atoms with E-state index < -0.39 is 0 Å². The maximum Gasteiger partial charge on any atom is 0.255 e. The normalized spacial score (nSPS) is 10.4. The molecule has 20 heavy (non-hydrogen) atoms. The van der Waals surface area contributed by atoms with Crippen LogP contribution in [0.1, 0.15) is 15.9 Å². The second-order valence-electron chi connectivity index (χ2n) is 4.27. The number of benzene rings is 1. The van der Waals surface area contributed by atoms with Crippen molar-refractivity contribution < 1.29 is 4.79 Å². The van der Waals surface area contributed by atoms with Gasteiger partial charge >= 0.3 is 0 Å². The van der Waals surface area contributed by atoms with Crippen molar-refractivity contribution in [2.24, 2.45) is 0 Å². The molecule has 2 rings (SSSR count). The molecule has 1 aromatic heterocycles. The number of hydrogen-bond acceptors (Lipinski definition) is 2. The average molecular weight is 330 g/mol. The number of pyridine rings is 1. The Morgan fingerprint density at radius 2 is 1.85 bits per heavy atom. The lowest BCUT2D eigenvalue weighted by molar-refractivity contribution is 0.0785. The number of halogens is 3. The fraction of sp³-hybridized carbons (Fsp3) is 0.143. The number of amides is 1. The average Bonchev–Trinajstić information content (AvgIpc) is 2.43. The molecule has 0 aliphatic heterocycles. The van der Waals surface area contributed by atoms with Crippen LogP contribution in [0.25, 0.3) is 0 Å². The van der Waals surface area contributed by atoms with Crippen LogP contribution in [-0.4, -0.2) is 22.8 Å². The molecule has 0 aliphatic rings. The molecule has 1 aromatic carbocycles. The fourth-order valence-corrected chi connectivity index (χ4v) is 2.19. The third-order valence-electron chi connectivity index (χ3n) is 2.73. The van der Waals surface area contributed by atoms with Crippen molar-refractivity contribution in [3.63, 3.8) is 0 Å².